The van der Waals surface area contributed by atoms with E-state index in [1.807, 2.05) is 24.3 Å². The number of hydrogen-bond acceptors (Lipinski definition) is 4. The molecule has 5 nitrogen and oxygen atoms in total. The molecular formula is C37H34Cl2FN3O2. The number of rotatable bonds is 8. The minimum atomic E-state index is -0.651. The highest BCUT2D eigenvalue weighted by Gasteiger charge is 2.33. The minimum absolute atomic E-state index is 0.00848. The van der Waals surface area contributed by atoms with Crippen LogP contribution in [0.1, 0.15) is 82.0 Å². The zero-order chi connectivity index (χ0) is 31.1. The van der Waals surface area contributed by atoms with Gasteiger partial charge in [-0.3, -0.25) is 4.90 Å². The fraction of sp³-hybridized carbons (Fsp3) is 0.297. The van der Waals surface area contributed by atoms with Crippen LogP contribution < -0.4 is 0 Å². The zero-order valence-electron chi connectivity index (χ0n) is 25.1. The maximum Gasteiger partial charge on any atom is 0.340 e. The van der Waals surface area contributed by atoms with Gasteiger partial charge in [0.05, 0.1) is 23.7 Å². The van der Waals surface area contributed by atoms with Crippen LogP contribution in [0, 0.1) is 5.82 Å². The Morgan fingerprint density at radius 3 is 2.11 bits per heavy atom. The van der Waals surface area contributed by atoms with Crippen LogP contribution in [0.25, 0.3) is 11.0 Å². The molecular weight excluding hydrogens is 608 g/mol. The molecule has 1 saturated carbocycles. The second-order valence-corrected chi connectivity index (χ2v) is 13.0. The first-order valence-corrected chi connectivity index (χ1v) is 16.3. The van der Waals surface area contributed by atoms with E-state index in [9.17, 15) is 4.79 Å². The van der Waals surface area contributed by atoms with Gasteiger partial charge in [-0.1, -0.05) is 65.7 Å². The molecule has 7 rings (SSSR count). The number of imidazole rings is 1. The van der Waals surface area contributed by atoms with Crippen LogP contribution in [0.3, 0.4) is 0 Å². The standard InChI is InChI=1S/C37H34Cl2FN3O2/c1-45-37(44)31-4-2-3-27(35(31)40)22-42-19-17-30(18-20-42)43-33-21-26(11-16-32(33)41-36(43)25-5-6-25)34(23-7-12-28(38)13-8-23)24-9-14-29(39)15-10-24/h2-4,7-16,21,25,30,34H,5-6,17-20,22H2,1H3. The van der Waals surface area contributed by atoms with Crippen molar-refractivity contribution in [2.45, 2.75) is 50.1 Å². The highest BCUT2D eigenvalue weighted by molar-refractivity contribution is 6.30. The van der Waals surface area contributed by atoms with Gasteiger partial charge in [0.15, 0.2) is 0 Å². The second-order valence-electron chi connectivity index (χ2n) is 12.2. The van der Waals surface area contributed by atoms with Gasteiger partial charge in [-0.25, -0.2) is 14.2 Å². The zero-order valence-corrected chi connectivity index (χ0v) is 26.6. The Bertz CT molecular complexity index is 1800. The van der Waals surface area contributed by atoms with Crippen LogP contribution in [0.2, 0.25) is 10.0 Å². The van der Waals surface area contributed by atoms with Gasteiger partial charge in [0.1, 0.15) is 11.6 Å². The van der Waals surface area contributed by atoms with Crippen molar-refractivity contribution in [3.8, 4) is 0 Å². The molecule has 1 aliphatic heterocycles. The predicted molar refractivity (Wildman–Crippen MR) is 177 cm³/mol. The van der Waals surface area contributed by atoms with Crippen molar-refractivity contribution in [2.75, 3.05) is 20.2 Å². The summed E-state index contributed by atoms with van der Waals surface area (Å²) in [6.45, 7) is 2.11. The van der Waals surface area contributed by atoms with Crippen LogP contribution in [-0.4, -0.2) is 40.6 Å². The molecule has 0 bridgehead atoms. The second kappa shape index (κ2) is 12.6. The number of halogens is 3. The van der Waals surface area contributed by atoms with E-state index in [2.05, 4.69) is 51.9 Å². The lowest BCUT2D eigenvalue weighted by atomic mass is 9.85. The number of aromatic nitrogens is 2. The number of fused-ring (bicyclic) bond motifs is 1. The summed E-state index contributed by atoms with van der Waals surface area (Å²) in [4.78, 5) is 19.5. The molecule has 5 aromatic rings. The molecule has 0 spiro atoms. The van der Waals surface area contributed by atoms with E-state index in [-0.39, 0.29) is 11.5 Å². The number of nitrogens with zero attached hydrogens (tertiary/aromatic N) is 3. The van der Waals surface area contributed by atoms with Crippen LogP contribution in [0.4, 0.5) is 4.39 Å². The third kappa shape index (κ3) is 6.11. The summed E-state index contributed by atoms with van der Waals surface area (Å²) in [5.74, 6) is 0.548. The predicted octanol–water partition coefficient (Wildman–Crippen LogP) is 9.16. The van der Waals surface area contributed by atoms with E-state index >= 15 is 4.39 Å². The smallest absolute Gasteiger partial charge is 0.340 e. The Balaban J connectivity index is 1.20. The van der Waals surface area contributed by atoms with E-state index in [0.29, 0.717) is 34.1 Å². The third-order valence-corrected chi connectivity index (χ3v) is 9.73. The van der Waals surface area contributed by atoms with Crippen LogP contribution in [0.15, 0.2) is 84.9 Å². The van der Waals surface area contributed by atoms with Gasteiger partial charge >= 0.3 is 5.97 Å². The summed E-state index contributed by atoms with van der Waals surface area (Å²) in [5.41, 5.74) is 6.19. The Labute approximate surface area is 272 Å². The topological polar surface area (TPSA) is 47.4 Å². The SMILES string of the molecule is COC(=O)c1cccc(CN2CCC(n3c(C4CC4)nc4ccc(C(c5ccc(Cl)cc5)c5ccc(Cl)cc5)cc43)CC2)c1F. The Hall–Kier alpha value is -3.71. The highest BCUT2D eigenvalue weighted by Crippen LogP contribution is 2.44. The van der Waals surface area contributed by atoms with Crippen molar-refractivity contribution < 1.29 is 13.9 Å². The van der Waals surface area contributed by atoms with Gasteiger partial charge in [0.25, 0.3) is 0 Å². The summed E-state index contributed by atoms with van der Waals surface area (Å²) in [7, 11) is 1.27. The average Bonchev–Trinajstić information content (AvgIpc) is 3.84. The quantitative estimate of drug-likeness (QED) is 0.125. The normalized spacial score (nSPS) is 16.0. The van der Waals surface area contributed by atoms with Gasteiger partial charge in [-0.15, -0.1) is 0 Å². The summed E-state index contributed by atoms with van der Waals surface area (Å²) in [6, 6.07) is 28.1. The van der Waals surface area contributed by atoms with E-state index in [1.165, 1.54) is 37.4 Å². The molecule has 2 fully saturated rings. The third-order valence-electron chi connectivity index (χ3n) is 9.22. The van der Waals surface area contributed by atoms with Crippen molar-refractivity contribution in [2.24, 2.45) is 0 Å². The molecule has 2 aliphatic rings. The lowest BCUT2D eigenvalue weighted by Crippen LogP contribution is -2.35. The van der Waals surface area contributed by atoms with Crippen LogP contribution >= 0.6 is 23.2 Å². The van der Waals surface area contributed by atoms with Crippen molar-refractivity contribution in [1.29, 1.82) is 0 Å². The first kappa shape index (κ1) is 30.0. The van der Waals surface area contributed by atoms with Crippen LogP contribution in [-0.2, 0) is 11.3 Å². The number of carbonyl (C=O) groups is 1. The Morgan fingerprint density at radius 1 is 0.889 bits per heavy atom. The number of likely N-dealkylation sites (tertiary alicyclic amines) is 1. The van der Waals surface area contributed by atoms with Crippen molar-refractivity contribution in [3.63, 3.8) is 0 Å². The number of benzene rings is 4. The lowest BCUT2D eigenvalue weighted by molar-refractivity contribution is 0.0595. The number of methoxy groups -OCH3 is 1. The number of hydrogen-bond donors (Lipinski definition) is 0. The number of piperidine rings is 1. The molecule has 0 N–H and O–H groups in total. The summed E-state index contributed by atoms with van der Waals surface area (Å²) < 4.78 is 22.4. The summed E-state index contributed by atoms with van der Waals surface area (Å²) in [6.07, 6.45) is 4.21. The van der Waals surface area contributed by atoms with E-state index in [1.54, 1.807) is 12.1 Å². The first-order valence-electron chi connectivity index (χ1n) is 15.5. The molecule has 0 atom stereocenters. The van der Waals surface area contributed by atoms with Gasteiger partial charge < -0.3 is 9.30 Å². The maximum atomic E-state index is 15.1. The maximum absolute atomic E-state index is 15.1. The van der Waals surface area contributed by atoms with E-state index in [0.717, 1.165) is 48.1 Å². The minimum Gasteiger partial charge on any atom is -0.465 e. The van der Waals surface area contributed by atoms with E-state index < -0.39 is 11.8 Å². The molecule has 230 valence electrons. The highest BCUT2D eigenvalue weighted by atomic mass is 35.5. The van der Waals surface area contributed by atoms with E-state index in [4.69, 9.17) is 32.9 Å². The number of esters is 1. The number of carbonyl (C=O) groups excluding carboxylic acids is 1. The van der Waals surface area contributed by atoms with Gasteiger partial charge in [-0.2, -0.15) is 0 Å². The molecule has 45 heavy (non-hydrogen) atoms. The average molecular weight is 643 g/mol. The van der Waals surface area contributed by atoms with Gasteiger partial charge in [0.2, 0.25) is 0 Å². The molecule has 2 heterocycles. The van der Waals surface area contributed by atoms with Crippen molar-refractivity contribution >= 4 is 40.2 Å². The van der Waals surface area contributed by atoms with Crippen molar-refractivity contribution in [1.82, 2.24) is 14.5 Å². The largest absolute Gasteiger partial charge is 0.465 e. The van der Waals surface area contributed by atoms with Crippen LogP contribution in [0.5, 0.6) is 0 Å². The fourth-order valence-electron chi connectivity index (χ4n) is 6.76. The number of ether oxygens (including phenoxy) is 1. The van der Waals surface area contributed by atoms with Gasteiger partial charge in [-0.05, 0) is 84.8 Å². The molecule has 8 heteroatoms. The van der Waals surface area contributed by atoms with Gasteiger partial charge in [0, 0.05) is 53.1 Å². The molecule has 1 aliphatic carbocycles. The first-order chi connectivity index (χ1) is 21.9. The molecule has 0 amide bonds. The lowest BCUT2D eigenvalue weighted by Gasteiger charge is -2.34. The molecule has 4 aromatic carbocycles. The Kier molecular flexibility index (Phi) is 8.38. The summed E-state index contributed by atoms with van der Waals surface area (Å²) in [5, 5.41) is 1.42. The molecule has 0 radical (unpaired) electrons. The van der Waals surface area contributed by atoms with Crippen molar-refractivity contribution in [3.05, 3.63) is 134 Å². The molecule has 0 unspecified atom stereocenters. The monoisotopic (exact) mass is 641 g/mol. The Morgan fingerprint density at radius 2 is 1.51 bits per heavy atom. The molecule has 1 aromatic heterocycles. The summed E-state index contributed by atoms with van der Waals surface area (Å²) >= 11 is 12.5. The fourth-order valence-corrected chi connectivity index (χ4v) is 7.01. The molecule has 1 saturated heterocycles.